The molecule has 6 heteroatoms. The fourth-order valence-electron chi connectivity index (χ4n) is 1.85. The van der Waals surface area contributed by atoms with Crippen molar-refractivity contribution in [1.82, 2.24) is 9.97 Å². The van der Waals surface area contributed by atoms with E-state index in [9.17, 15) is 0 Å². The van der Waals surface area contributed by atoms with Gasteiger partial charge < -0.3 is 14.8 Å². The Hall–Kier alpha value is -2.18. The normalized spacial score (nSPS) is 10.7. The number of thiophene rings is 1. The van der Waals surface area contributed by atoms with Crippen LogP contribution in [0.1, 0.15) is 0 Å². The lowest BCUT2D eigenvalue weighted by Gasteiger charge is -2.08. The van der Waals surface area contributed by atoms with Crippen LogP contribution >= 0.6 is 11.3 Å². The van der Waals surface area contributed by atoms with Gasteiger partial charge in [-0.3, -0.25) is 0 Å². The molecule has 0 amide bonds. The Bertz CT molecular complexity index is 715. The van der Waals surface area contributed by atoms with E-state index in [4.69, 9.17) is 9.47 Å². The Morgan fingerprint density at radius 3 is 2.81 bits per heavy atom. The van der Waals surface area contributed by atoms with Crippen LogP contribution in [0.25, 0.3) is 10.2 Å². The molecular formula is C15H15N3O2S. The molecule has 0 saturated carbocycles. The van der Waals surface area contributed by atoms with Gasteiger partial charge in [-0.1, -0.05) is 18.2 Å². The summed E-state index contributed by atoms with van der Waals surface area (Å²) < 4.78 is 11.8. The molecule has 1 aromatic carbocycles. The molecule has 0 atom stereocenters. The first-order valence-electron chi connectivity index (χ1n) is 6.58. The van der Waals surface area contributed by atoms with E-state index in [1.165, 1.54) is 0 Å². The first kappa shape index (κ1) is 13.8. The van der Waals surface area contributed by atoms with E-state index in [0.29, 0.717) is 25.0 Å². The highest BCUT2D eigenvalue weighted by molar-refractivity contribution is 7.17. The van der Waals surface area contributed by atoms with Gasteiger partial charge >= 0.3 is 0 Å². The summed E-state index contributed by atoms with van der Waals surface area (Å²) in [4.78, 5) is 8.91. The van der Waals surface area contributed by atoms with Gasteiger partial charge in [0.2, 0.25) is 11.8 Å². The first-order chi connectivity index (χ1) is 10.4. The highest BCUT2D eigenvalue weighted by Gasteiger charge is 2.11. The molecule has 2 heterocycles. The number of nitrogens with zero attached hydrogens (tertiary/aromatic N) is 2. The van der Waals surface area contributed by atoms with Gasteiger partial charge in [-0.15, -0.1) is 11.3 Å². The van der Waals surface area contributed by atoms with E-state index < -0.39 is 0 Å². The summed E-state index contributed by atoms with van der Waals surface area (Å²) in [5.41, 5.74) is 0.876. The molecular weight excluding hydrogens is 286 g/mol. The second kappa shape index (κ2) is 6.51. The lowest BCUT2D eigenvalue weighted by Crippen LogP contribution is -2.10. The molecule has 5 nitrogen and oxygen atoms in total. The van der Waals surface area contributed by atoms with Crippen molar-refractivity contribution in [3.8, 4) is 11.6 Å². The van der Waals surface area contributed by atoms with Crippen LogP contribution in [0.2, 0.25) is 0 Å². The minimum absolute atomic E-state index is 0.545. The van der Waals surface area contributed by atoms with Gasteiger partial charge in [0.1, 0.15) is 10.4 Å². The van der Waals surface area contributed by atoms with Crippen LogP contribution in [-0.2, 0) is 4.74 Å². The van der Waals surface area contributed by atoms with Gasteiger partial charge in [0.15, 0.2) is 0 Å². The van der Waals surface area contributed by atoms with E-state index in [-0.39, 0.29) is 0 Å². The van der Waals surface area contributed by atoms with Crippen molar-refractivity contribution in [1.29, 1.82) is 0 Å². The van der Waals surface area contributed by atoms with Crippen LogP contribution in [0.5, 0.6) is 11.6 Å². The van der Waals surface area contributed by atoms with E-state index >= 15 is 0 Å². The van der Waals surface area contributed by atoms with Gasteiger partial charge in [-0.25, -0.2) is 4.98 Å². The number of ether oxygens (including phenoxy) is 2. The second-order valence-electron chi connectivity index (χ2n) is 4.32. The largest absolute Gasteiger partial charge is 0.437 e. The average Bonchev–Trinajstić information content (AvgIpc) is 2.97. The fourth-order valence-corrected chi connectivity index (χ4v) is 2.61. The van der Waals surface area contributed by atoms with E-state index in [1.54, 1.807) is 18.4 Å². The molecule has 0 saturated heterocycles. The zero-order valence-corrected chi connectivity index (χ0v) is 12.4. The number of hydrogen-bond donors (Lipinski definition) is 1. The number of para-hydroxylation sites is 1. The van der Waals surface area contributed by atoms with Crippen LogP contribution in [0.3, 0.4) is 0 Å². The quantitative estimate of drug-likeness (QED) is 0.706. The van der Waals surface area contributed by atoms with Crippen LogP contribution in [0.15, 0.2) is 41.8 Å². The Balaban J connectivity index is 1.90. The molecule has 0 aliphatic carbocycles. The van der Waals surface area contributed by atoms with Gasteiger partial charge in [0, 0.05) is 13.7 Å². The zero-order valence-electron chi connectivity index (χ0n) is 11.6. The molecule has 0 aliphatic rings. The highest BCUT2D eigenvalue weighted by atomic mass is 32.1. The number of rotatable bonds is 6. The summed E-state index contributed by atoms with van der Waals surface area (Å²) in [5, 5.41) is 5.11. The standard InChI is InChI=1S/C15H15N3O2S/c1-19-9-8-16-15-17-12-7-10-21-13(12)14(18-15)20-11-5-3-2-4-6-11/h2-7,10H,8-9H2,1H3,(H,16,17,18). The van der Waals surface area contributed by atoms with Crippen molar-refractivity contribution >= 4 is 27.5 Å². The summed E-state index contributed by atoms with van der Waals surface area (Å²) in [6.07, 6.45) is 0. The van der Waals surface area contributed by atoms with Crippen LogP contribution < -0.4 is 10.1 Å². The van der Waals surface area contributed by atoms with Crippen LogP contribution in [0, 0.1) is 0 Å². The number of nitrogens with one attached hydrogen (secondary N) is 1. The molecule has 0 spiro atoms. The van der Waals surface area contributed by atoms with Crippen LogP contribution in [0.4, 0.5) is 5.95 Å². The van der Waals surface area contributed by atoms with Crippen molar-refractivity contribution in [3.05, 3.63) is 41.8 Å². The van der Waals surface area contributed by atoms with Crippen molar-refractivity contribution < 1.29 is 9.47 Å². The molecule has 21 heavy (non-hydrogen) atoms. The predicted octanol–water partition coefficient (Wildman–Crippen LogP) is 3.54. The molecule has 0 radical (unpaired) electrons. The number of methoxy groups -OCH3 is 1. The van der Waals surface area contributed by atoms with Gasteiger partial charge in [0.25, 0.3) is 0 Å². The Morgan fingerprint density at radius 1 is 1.14 bits per heavy atom. The third-order valence-electron chi connectivity index (χ3n) is 2.82. The molecule has 0 aliphatic heterocycles. The molecule has 3 rings (SSSR count). The summed E-state index contributed by atoms with van der Waals surface area (Å²) in [7, 11) is 1.66. The highest BCUT2D eigenvalue weighted by Crippen LogP contribution is 2.32. The van der Waals surface area contributed by atoms with Crippen molar-refractivity contribution in [2.45, 2.75) is 0 Å². The molecule has 0 fully saturated rings. The predicted molar refractivity (Wildman–Crippen MR) is 84.3 cm³/mol. The van der Waals surface area contributed by atoms with E-state index in [0.717, 1.165) is 16.0 Å². The Morgan fingerprint density at radius 2 is 2.00 bits per heavy atom. The molecule has 0 bridgehead atoms. The van der Waals surface area contributed by atoms with Crippen LogP contribution in [-0.4, -0.2) is 30.2 Å². The third kappa shape index (κ3) is 3.29. The molecule has 1 N–H and O–H groups in total. The SMILES string of the molecule is COCCNc1nc(Oc2ccccc2)c2sccc2n1. The molecule has 3 aromatic rings. The topological polar surface area (TPSA) is 56.3 Å². The molecule has 0 unspecified atom stereocenters. The summed E-state index contributed by atoms with van der Waals surface area (Å²) in [6, 6.07) is 11.6. The van der Waals surface area contributed by atoms with Gasteiger partial charge in [-0.05, 0) is 23.6 Å². The summed E-state index contributed by atoms with van der Waals surface area (Å²) >= 11 is 1.57. The fraction of sp³-hybridized carbons (Fsp3) is 0.200. The Kier molecular flexibility index (Phi) is 4.28. The lowest BCUT2D eigenvalue weighted by molar-refractivity contribution is 0.210. The average molecular weight is 301 g/mol. The number of hydrogen-bond acceptors (Lipinski definition) is 6. The zero-order chi connectivity index (χ0) is 14.5. The third-order valence-corrected chi connectivity index (χ3v) is 3.71. The van der Waals surface area contributed by atoms with E-state index in [2.05, 4.69) is 15.3 Å². The first-order valence-corrected chi connectivity index (χ1v) is 7.46. The second-order valence-corrected chi connectivity index (χ2v) is 5.24. The maximum Gasteiger partial charge on any atom is 0.242 e. The van der Waals surface area contributed by atoms with Crippen molar-refractivity contribution in [2.24, 2.45) is 0 Å². The van der Waals surface area contributed by atoms with Crippen molar-refractivity contribution in [3.63, 3.8) is 0 Å². The number of aromatic nitrogens is 2. The number of fused-ring (bicyclic) bond motifs is 1. The smallest absolute Gasteiger partial charge is 0.242 e. The maximum atomic E-state index is 5.88. The number of anilines is 1. The summed E-state index contributed by atoms with van der Waals surface area (Å²) in [6.45, 7) is 1.25. The summed E-state index contributed by atoms with van der Waals surface area (Å²) in [5.74, 6) is 1.87. The minimum Gasteiger partial charge on any atom is -0.437 e. The maximum absolute atomic E-state index is 5.88. The Labute approximate surface area is 126 Å². The minimum atomic E-state index is 0.545. The molecule has 2 aromatic heterocycles. The van der Waals surface area contributed by atoms with Crippen molar-refractivity contribution in [2.75, 3.05) is 25.6 Å². The van der Waals surface area contributed by atoms with E-state index in [1.807, 2.05) is 41.8 Å². The molecule has 108 valence electrons. The lowest BCUT2D eigenvalue weighted by atomic mass is 10.3. The van der Waals surface area contributed by atoms with Gasteiger partial charge in [0.05, 0.1) is 12.1 Å². The number of benzene rings is 1. The van der Waals surface area contributed by atoms with Gasteiger partial charge in [-0.2, -0.15) is 4.98 Å². The monoisotopic (exact) mass is 301 g/mol.